The highest BCUT2D eigenvalue weighted by Crippen LogP contribution is 2.15. The molecule has 1 atom stereocenters. The zero-order valence-electron chi connectivity index (χ0n) is 9.64. The fourth-order valence-corrected chi connectivity index (χ4v) is 1.61. The van der Waals surface area contributed by atoms with Crippen molar-refractivity contribution < 1.29 is 5.21 Å². The molecule has 15 heavy (non-hydrogen) atoms. The van der Waals surface area contributed by atoms with Crippen LogP contribution < -0.4 is 0 Å². The first-order chi connectivity index (χ1) is 7.13. The Labute approximate surface area is 91.6 Å². The Hall–Kier alpha value is -1.31. The number of hydrogen-bond acceptors (Lipinski definition) is 2. The van der Waals surface area contributed by atoms with Gasteiger partial charge < -0.3 is 5.21 Å². The summed E-state index contributed by atoms with van der Waals surface area (Å²) in [6.45, 7) is 6.45. The van der Waals surface area contributed by atoms with Crippen LogP contribution in [0.4, 0.5) is 0 Å². The van der Waals surface area contributed by atoms with Crippen molar-refractivity contribution >= 4 is 6.21 Å². The zero-order valence-corrected chi connectivity index (χ0v) is 9.64. The Morgan fingerprint density at radius 3 is 2.27 bits per heavy atom. The van der Waals surface area contributed by atoms with Crippen LogP contribution in [-0.4, -0.2) is 11.4 Å². The van der Waals surface area contributed by atoms with Gasteiger partial charge >= 0.3 is 0 Å². The molecule has 2 nitrogen and oxygen atoms in total. The van der Waals surface area contributed by atoms with E-state index in [1.165, 1.54) is 17.3 Å². The van der Waals surface area contributed by atoms with Gasteiger partial charge in [0.2, 0.25) is 0 Å². The van der Waals surface area contributed by atoms with Crippen molar-refractivity contribution in [3.05, 3.63) is 35.4 Å². The van der Waals surface area contributed by atoms with E-state index in [0.717, 1.165) is 6.42 Å². The first-order valence-electron chi connectivity index (χ1n) is 5.40. The van der Waals surface area contributed by atoms with E-state index in [1.807, 2.05) is 6.92 Å². The van der Waals surface area contributed by atoms with Crippen molar-refractivity contribution in [3.63, 3.8) is 0 Å². The maximum absolute atomic E-state index is 8.44. The Morgan fingerprint density at radius 2 is 1.80 bits per heavy atom. The third-order valence-corrected chi connectivity index (χ3v) is 2.44. The van der Waals surface area contributed by atoms with E-state index in [2.05, 4.69) is 43.3 Å². The molecular weight excluding hydrogens is 186 g/mol. The minimum absolute atomic E-state index is 0.170. The van der Waals surface area contributed by atoms with Gasteiger partial charge in [-0.2, -0.15) is 0 Å². The molecule has 0 fully saturated rings. The van der Waals surface area contributed by atoms with Gasteiger partial charge in [-0.1, -0.05) is 45.0 Å². The maximum Gasteiger partial charge on any atom is 0.0507 e. The van der Waals surface area contributed by atoms with Gasteiger partial charge in [0.25, 0.3) is 0 Å². The minimum atomic E-state index is 0.170. The molecule has 1 rings (SSSR count). The summed E-state index contributed by atoms with van der Waals surface area (Å²) in [6.07, 6.45) is 2.65. The van der Waals surface area contributed by atoms with Crippen LogP contribution in [0.1, 0.15) is 37.8 Å². The van der Waals surface area contributed by atoms with Crippen LogP contribution in [0.3, 0.4) is 0 Å². The Bertz CT molecular complexity index is 314. The molecule has 0 saturated carbocycles. The van der Waals surface area contributed by atoms with Crippen LogP contribution in [-0.2, 0) is 6.42 Å². The number of benzene rings is 1. The number of oxime groups is 1. The van der Waals surface area contributed by atoms with E-state index in [9.17, 15) is 0 Å². The molecule has 82 valence electrons. The molecule has 1 aromatic rings. The molecule has 0 amide bonds. The molecule has 2 heteroatoms. The SMILES string of the molecule is CC(C)Cc1ccc([C@H](C)/C=N\O)cc1. The first-order valence-corrected chi connectivity index (χ1v) is 5.40. The Kier molecular flexibility index (Phi) is 4.35. The third kappa shape index (κ3) is 3.74. The summed E-state index contributed by atoms with van der Waals surface area (Å²) in [5.74, 6) is 0.857. The predicted octanol–water partition coefficient (Wildman–Crippen LogP) is 3.45. The highest BCUT2D eigenvalue weighted by atomic mass is 16.4. The van der Waals surface area contributed by atoms with Crippen molar-refractivity contribution in [3.8, 4) is 0 Å². The van der Waals surface area contributed by atoms with Gasteiger partial charge in [-0.25, -0.2) is 0 Å². The molecule has 0 aliphatic carbocycles. The third-order valence-electron chi connectivity index (χ3n) is 2.44. The van der Waals surface area contributed by atoms with Crippen LogP contribution in [0.15, 0.2) is 29.4 Å². The summed E-state index contributed by atoms with van der Waals surface area (Å²) >= 11 is 0. The number of hydrogen-bond donors (Lipinski definition) is 1. The molecule has 0 spiro atoms. The molecule has 0 bridgehead atoms. The summed E-state index contributed by atoms with van der Waals surface area (Å²) in [5.41, 5.74) is 2.54. The molecule has 0 radical (unpaired) electrons. The van der Waals surface area contributed by atoms with Crippen molar-refractivity contribution in [1.29, 1.82) is 0 Å². The summed E-state index contributed by atoms with van der Waals surface area (Å²) in [4.78, 5) is 0. The second-order valence-corrected chi connectivity index (χ2v) is 4.39. The molecule has 0 aromatic heterocycles. The van der Waals surface area contributed by atoms with E-state index in [4.69, 9.17) is 5.21 Å². The highest BCUT2D eigenvalue weighted by Gasteiger charge is 2.03. The smallest absolute Gasteiger partial charge is 0.0507 e. The van der Waals surface area contributed by atoms with Gasteiger partial charge in [-0.15, -0.1) is 5.16 Å². The van der Waals surface area contributed by atoms with Gasteiger partial charge in [0.15, 0.2) is 0 Å². The molecule has 0 heterocycles. The molecule has 0 aliphatic heterocycles. The second-order valence-electron chi connectivity index (χ2n) is 4.39. The maximum atomic E-state index is 8.44. The van der Waals surface area contributed by atoms with E-state index in [1.54, 1.807) is 0 Å². The van der Waals surface area contributed by atoms with Crippen LogP contribution >= 0.6 is 0 Å². The number of nitrogens with zero attached hydrogens (tertiary/aromatic N) is 1. The Morgan fingerprint density at radius 1 is 1.20 bits per heavy atom. The fraction of sp³-hybridized carbons (Fsp3) is 0.462. The molecule has 0 aliphatic rings. The number of rotatable bonds is 4. The summed E-state index contributed by atoms with van der Waals surface area (Å²) in [7, 11) is 0. The lowest BCUT2D eigenvalue weighted by atomic mass is 9.97. The van der Waals surface area contributed by atoms with Crippen molar-refractivity contribution in [1.82, 2.24) is 0 Å². The lowest BCUT2D eigenvalue weighted by molar-refractivity contribution is 0.320. The normalized spacial score (nSPS) is 13.6. The van der Waals surface area contributed by atoms with Crippen LogP contribution in [0, 0.1) is 5.92 Å². The monoisotopic (exact) mass is 205 g/mol. The van der Waals surface area contributed by atoms with Crippen molar-refractivity contribution in [2.24, 2.45) is 11.1 Å². The summed E-state index contributed by atoms with van der Waals surface area (Å²) in [5, 5.41) is 11.5. The van der Waals surface area contributed by atoms with Crippen LogP contribution in [0.2, 0.25) is 0 Å². The van der Waals surface area contributed by atoms with E-state index in [0.29, 0.717) is 5.92 Å². The second kappa shape index (κ2) is 5.54. The predicted molar refractivity (Wildman–Crippen MR) is 63.7 cm³/mol. The minimum Gasteiger partial charge on any atom is -0.411 e. The van der Waals surface area contributed by atoms with E-state index >= 15 is 0 Å². The fourth-order valence-electron chi connectivity index (χ4n) is 1.61. The highest BCUT2D eigenvalue weighted by molar-refractivity contribution is 5.66. The van der Waals surface area contributed by atoms with Gasteiger partial charge in [0, 0.05) is 5.92 Å². The van der Waals surface area contributed by atoms with E-state index < -0.39 is 0 Å². The summed E-state index contributed by atoms with van der Waals surface area (Å²) in [6, 6.07) is 8.50. The Balaban J connectivity index is 2.71. The molecule has 0 unspecified atom stereocenters. The molecule has 0 saturated heterocycles. The largest absolute Gasteiger partial charge is 0.411 e. The lowest BCUT2D eigenvalue weighted by Crippen LogP contribution is -1.97. The molecule has 1 aromatic carbocycles. The van der Waals surface area contributed by atoms with Crippen LogP contribution in [0.5, 0.6) is 0 Å². The molecule has 1 N–H and O–H groups in total. The average Bonchev–Trinajstić information content (AvgIpc) is 2.18. The topological polar surface area (TPSA) is 32.6 Å². The van der Waals surface area contributed by atoms with Crippen LogP contribution in [0.25, 0.3) is 0 Å². The van der Waals surface area contributed by atoms with Crippen molar-refractivity contribution in [2.45, 2.75) is 33.1 Å². The molecular formula is C13H19NO. The first kappa shape index (κ1) is 11.8. The lowest BCUT2D eigenvalue weighted by Gasteiger charge is -2.08. The quantitative estimate of drug-likeness (QED) is 0.456. The van der Waals surface area contributed by atoms with Crippen molar-refractivity contribution in [2.75, 3.05) is 0 Å². The van der Waals surface area contributed by atoms with Gasteiger partial charge in [-0.05, 0) is 23.5 Å². The van der Waals surface area contributed by atoms with Gasteiger partial charge in [0.05, 0.1) is 6.21 Å². The van der Waals surface area contributed by atoms with E-state index in [-0.39, 0.29) is 5.92 Å². The van der Waals surface area contributed by atoms with Gasteiger partial charge in [-0.3, -0.25) is 0 Å². The zero-order chi connectivity index (χ0) is 11.3. The van der Waals surface area contributed by atoms with Gasteiger partial charge in [0.1, 0.15) is 0 Å². The average molecular weight is 205 g/mol. The summed E-state index contributed by atoms with van der Waals surface area (Å²) < 4.78 is 0. The standard InChI is InChI=1S/C13H19NO/c1-10(2)8-12-4-6-13(7-5-12)11(3)9-14-15/h4-7,9-11,15H,8H2,1-3H3/b14-9-/t11-/m1/s1.